The Balaban J connectivity index is 3.85. The molecule has 2 heteroatoms. The highest BCUT2D eigenvalue weighted by Crippen LogP contribution is 2.31. The van der Waals surface area contributed by atoms with Crippen molar-refractivity contribution in [2.45, 2.75) is 84.5 Å². The minimum Gasteiger partial charge on any atom is -0.396 e. The van der Waals surface area contributed by atoms with Gasteiger partial charge in [0.1, 0.15) is 0 Å². The summed E-state index contributed by atoms with van der Waals surface area (Å²) in [5, 5.41) is 19.2. The van der Waals surface area contributed by atoms with Crippen molar-refractivity contribution >= 4 is 0 Å². The summed E-state index contributed by atoms with van der Waals surface area (Å²) in [6.45, 7) is 4.71. The predicted molar refractivity (Wildman–Crippen MR) is 78.7 cm³/mol. The summed E-state index contributed by atoms with van der Waals surface area (Å²) in [5.41, 5.74) is -0.208. The second kappa shape index (κ2) is 12.0. The van der Waals surface area contributed by atoms with E-state index in [2.05, 4.69) is 13.8 Å². The summed E-state index contributed by atoms with van der Waals surface area (Å²) in [6.07, 6.45) is 13.1. The van der Waals surface area contributed by atoms with Crippen LogP contribution in [0.15, 0.2) is 0 Å². The van der Waals surface area contributed by atoms with Crippen molar-refractivity contribution in [3.8, 4) is 0 Å². The molecule has 0 bridgehead atoms. The van der Waals surface area contributed by atoms with E-state index in [0.717, 1.165) is 25.7 Å². The molecule has 0 aromatic heterocycles. The third-order valence-electron chi connectivity index (χ3n) is 4.04. The Kier molecular flexibility index (Phi) is 11.9. The van der Waals surface area contributed by atoms with Crippen LogP contribution in [-0.4, -0.2) is 23.4 Å². The molecule has 0 aromatic carbocycles. The lowest BCUT2D eigenvalue weighted by molar-refractivity contribution is 0.0353. The second-order valence-corrected chi connectivity index (χ2v) is 5.79. The van der Waals surface area contributed by atoms with E-state index in [1.54, 1.807) is 0 Å². The lowest BCUT2D eigenvalue weighted by Gasteiger charge is -2.30. The van der Waals surface area contributed by atoms with E-state index in [9.17, 15) is 10.2 Å². The molecular formula is C16H34O2. The van der Waals surface area contributed by atoms with Crippen molar-refractivity contribution in [3.05, 3.63) is 0 Å². The summed E-state index contributed by atoms with van der Waals surface area (Å²) in [7, 11) is 0. The highest BCUT2D eigenvalue weighted by Gasteiger charge is 2.27. The van der Waals surface area contributed by atoms with Crippen LogP contribution in [0.25, 0.3) is 0 Å². The third-order valence-corrected chi connectivity index (χ3v) is 4.04. The Morgan fingerprint density at radius 1 is 0.611 bits per heavy atom. The van der Waals surface area contributed by atoms with Crippen LogP contribution in [0.1, 0.15) is 84.5 Å². The van der Waals surface area contributed by atoms with Gasteiger partial charge in [-0.05, 0) is 12.8 Å². The van der Waals surface area contributed by atoms with Crippen LogP contribution in [0.5, 0.6) is 0 Å². The monoisotopic (exact) mass is 258 g/mol. The smallest absolute Gasteiger partial charge is 0.0509 e. The van der Waals surface area contributed by atoms with Crippen molar-refractivity contribution in [3.63, 3.8) is 0 Å². The zero-order valence-electron chi connectivity index (χ0n) is 12.6. The second-order valence-electron chi connectivity index (χ2n) is 5.79. The normalized spacial score (nSPS) is 12.0. The van der Waals surface area contributed by atoms with Crippen molar-refractivity contribution in [2.24, 2.45) is 5.41 Å². The molecule has 110 valence electrons. The summed E-state index contributed by atoms with van der Waals surface area (Å²) in [5.74, 6) is 0. The highest BCUT2D eigenvalue weighted by atomic mass is 16.3. The van der Waals surface area contributed by atoms with E-state index in [4.69, 9.17) is 0 Å². The minimum absolute atomic E-state index is 0.142. The quantitative estimate of drug-likeness (QED) is 0.484. The van der Waals surface area contributed by atoms with Gasteiger partial charge in [0.15, 0.2) is 0 Å². The maximum absolute atomic E-state index is 9.58. The Bertz CT molecular complexity index is 164. The van der Waals surface area contributed by atoms with E-state index >= 15 is 0 Å². The summed E-state index contributed by atoms with van der Waals surface area (Å²) >= 11 is 0. The summed E-state index contributed by atoms with van der Waals surface area (Å²) in [4.78, 5) is 0. The van der Waals surface area contributed by atoms with Crippen molar-refractivity contribution < 1.29 is 10.2 Å². The highest BCUT2D eigenvalue weighted by molar-refractivity contribution is 4.78. The Morgan fingerprint density at radius 3 is 1.39 bits per heavy atom. The molecule has 2 N–H and O–H groups in total. The van der Waals surface area contributed by atoms with E-state index in [0.29, 0.717) is 0 Å². The van der Waals surface area contributed by atoms with Gasteiger partial charge in [-0.2, -0.15) is 0 Å². The van der Waals surface area contributed by atoms with Gasteiger partial charge in [0, 0.05) is 5.41 Å². The third kappa shape index (κ3) is 8.10. The molecule has 0 aliphatic rings. The van der Waals surface area contributed by atoms with Crippen LogP contribution in [0.3, 0.4) is 0 Å². The first kappa shape index (κ1) is 17.9. The minimum atomic E-state index is -0.208. The van der Waals surface area contributed by atoms with Gasteiger partial charge in [-0.3, -0.25) is 0 Å². The summed E-state index contributed by atoms with van der Waals surface area (Å²) < 4.78 is 0. The van der Waals surface area contributed by atoms with Gasteiger partial charge < -0.3 is 10.2 Å². The largest absolute Gasteiger partial charge is 0.396 e. The average molecular weight is 258 g/mol. The van der Waals surface area contributed by atoms with Crippen molar-refractivity contribution in [2.75, 3.05) is 13.2 Å². The van der Waals surface area contributed by atoms with Crippen LogP contribution in [0.2, 0.25) is 0 Å². The molecule has 0 aliphatic heterocycles. The van der Waals surface area contributed by atoms with Crippen molar-refractivity contribution in [1.82, 2.24) is 0 Å². The topological polar surface area (TPSA) is 40.5 Å². The maximum Gasteiger partial charge on any atom is 0.0509 e. The molecule has 0 unspecified atom stereocenters. The number of aliphatic hydroxyl groups is 2. The molecule has 0 radical (unpaired) electrons. The first-order valence-electron chi connectivity index (χ1n) is 7.96. The van der Waals surface area contributed by atoms with Gasteiger partial charge in [-0.1, -0.05) is 71.6 Å². The fraction of sp³-hybridized carbons (Fsp3) is 1.00. The lowest BCUT2D eigenvalue weighted by atomic mass is 9.79. The fourth-order valence-electron chi connectivity index (χ4n) is 2.52. The van der Waals surface area contributed by atoms with Gasteiger partial charge in [-0.25, -0.2) is 0 Å². The van der Waals surface area contributed by atoms with E-state index in [1.807, 2.05) is 0 Å². The number of rotatable bonds is 13. The molecule has 0 saturated heterocycles. The van der Waals surface area contributed by atoms with E-state index < -0.39 is 0 Å². The van der Waals surface area contributed by atoms with Gasteiger partial charge in [-0.15, -0.1) is 0 Å². The molecule has 0 aromatic rings. The number of hydrogen-bond donors (Lipinski definition) is 2. The maximum atomic E-state index is 9.58. The molecule has 18 heavy (non-hydrogen) atoms. The molecule has 0 saturated carbocycles. The van der Waals surface area contributed by atoms with Crippen LogP contribution in [0, 0.1) is 5.41 Å². The van der Waals surface area contributed by atoms with Crippen LogP contribution in [0.4, 0.5) is 0 Å². The molecule has 0 heterocycles. The van der Waals surface area contributed by atoms with Crippen LogP contribution < -0.4 is 0 Å². The van der Waals surface area contributed by atoms with Crippen molar-refractivity contribution in [1.29, 1.82) is 0 Å². The van der Waals surface area contributed by atoms with Crippen LogP contribution in [-0.2, 0) is 0 Å². The van der Waals surface area contributed by atoms with Gasteiger partial charge >= 0.3 is 0 Å². The Hall–Kier alpha value is -0.0800. The Labute approximate surface area is 114 Å². The number of aliphatic hydroxyl groups excluding tert-OH is 2. The van der Waals surface area contributed by atoms with Gasteiger partial charge in [0.2, 0.25) is 0 Å². The van der Waals surface area contributed by atoms with Gasteiger partial charge in [0.05, 0.1) is 13.2 Å². The molecule has 0 rings (SSSR count). The molecular weight excluding hydrogens is 224 g/mol. The average Bonchev–Trinajstić information content (AvgIpc) is 2.41. The molecule has 2 nitrogen and oxygen atoms in total. The van der Waals surface area contributed by atoms with E-state index in [-0.39, 0.29) is 18.6 Å². The fourth-order valence-corrected chi connectivity index (χ4v) is 2.52. The SMILES string of the molecule is CCCCCCCC(CO)(CO)CCCCCC. The molecule has 0 aliphatic carbocycles. The van der Waals surface area contributed by atoms with Crippen LogP contribution >= 0.6 is 0 Å². The zero-order valence-corrected chi connectivity index (χ0v) is 12.6. The number of unbranched alkanes of at least 4 members (excludes halogenated alkanes) is 7. The first-order valence-corrected chi connectivity index (χ1v) is 7.96. The standard InChI is InChI=1S/C16H34O2/c1-3-5-7-9-11-13-16(14-17,15-18)12-10-8-6-4-2/h17-18H,3-15H2,1-2H3. The predicted octanol–water partition coefficient (Wildman–Crippen LogP) is 4.29. The molecule has 0 spiro atoms. The van der Waals surface area contributed by atoms with E-state index in [1.165, 1.54) is 44.9 Å². The molecule has 0 amide bonds. The first-order chi connectivity index (χ1) is 8.74. The Morgan fingerprint density at radius 2 is 1.00 bits per heavy atom. The van der Waals surface area contributed by atoms with Gasteiger partial charge in [0.25, 0.3) is 0 Å². The summed E-state index contributed by atoms with van der Waals surface area (Å²) in [6, 6.07) is 0. The zero-order chi connectivity index (χ0) is 13.7. The number of hydrogen-bond acceptors (Lipinski definition) is 2. The lowest BCUT2D eigenvalue weighted by Crippen LogP contribution is -2.29. The molecule has 0 atom stereocenters. The molecule has 0 fully saturated rings.